The van der Waals surface area contributed by atoms with E-state index in [1.165, 1.54) is 6.07 Å². The number of oxazole rings is 1. The molecule has 0 saturated carbocycles. The largest absolute Gasteiger partial charge is 0.462 e. The van der Waals surface area contributed by atoms with E-state index >= 15 is 0 Å². The summed E-state index contributed by atoms with van der Waals surface area (Å²) < 4.78 is 50.7. The number of imidazole rings is 1. The highest BCUT2D eigenvalue weighted by molar-refractivity contribution is 5.94. The first-order valence-electron chi connectivity index (χ1n) is 8.64. The van der Waals surface area contributed by atoms with Gasteiger partial charge in [-0.25, -0.2) is 9.78 Å². The van der Waals surface area contributed by atoms with Crippen LogP contribution in [-0.4, -0.2) is 27.1 Å². The number of aromatic nitrogens is 3. The summed E-state index contributed by atoms with van der Waals surface area (Å²) in [5.74, 6) is -0.0995. The van der Waals surface area contributed by atoms with Crippen molar-refractivity contribution in [1.82, 2.24) is 14.5 Å². The number of halogens is 3. The highest BCUT2D eigenvalue weighted by Gasteiger charge is 2.31. The maximum atomic E-state index is 12.9. The fourth-order valence-electron chi connectivity index (χ4n) is 2.90. The number of carbonyl (C=O) groups excluding carboxylic acids is 1. The molecule has 4 rings (SSSR count). The third kappa shape index (κ3) is 3.48. The molecule has 29 heavy (non-hydrogen) atoms. The number of anilines is 2. The van der Waals surface area contributed by atoms with Crippen molar-refractivity contribution in [1.29, 1.82) is 0 Å². The predicted octanol–water partition coefficient (Wildman–Crippen LogP) is 4.65. The average molecular weight is 404 g/mol. The molecule has 0 aliphatic rings. The fourth-order valence-corrected chi connectivity index (χ4v) is 2.90. The Labute approximate surface area is 162 Å². The van der Waals surface area contributed by atoms with Gasteiger partial charge in [0.25, 0.3) is 0 Å². The molecular formula is C19H15F3N4O3. The van der Waals surface area contributed by atoms with Crippen molar-refractivity contribution in [3.05, 3.63) is 47.5 Å². The van der Waals surface area contributed by atoms with E-state index in [4.69, 9.17) is 9.15 Å². The Kier molecular flexibility index (Phi) is 4.40. The summed E-state index contributed by atoms with van der Waals surface area (Å²) in [6, 6.07) is 8.04. The molecule has 0 radical (unpaired) electrons. The van der Waals surface area contributed by atoms with Gasteiger partial charge < -0.3 is 13.7 Å². The van der Waals surface area contributed by atoms with Gasteiger partial charge in [0, 0.05) is 7.05 Å². The van der Waals surface area contributed by atoms with Gasteiger partial charge in [0.15, 0.2) is 5.58 Å². The summed E-state index contributed by atoms with van der Waals surface area (Å²) >= 11 is 0. The Bertz CT molecular complexity index is 1230. The zero-order valence-electron chi connectivity index (χ0n) is 15.4. The minimum atomic E-state index is -4.47. The normalized spacial score (nSPS) is 11.9. The topological polar surface area (TPSA) is 82.2 Å². The van der Waals surface area contributed by atoms with Crippen LogP contribution in [0.2, 0.25) is 0 Å². The molecule has 0 bridgehead atoms. The number of alkyl halides is 3. The van der Waals surface area contributed by atoms with Crippen molar-refractivity contribution in [2.75, 3.05) is 11.9 Å². The quantitative estimate of drug-likeness (QED) is 0.499. The van der Waals surface area contributed by atoms with Crippen molar-refractivity contribution in [3.63, 3.8) is 0 Å². The molecule has 4 aromatic rings. The van der Waals surface area contributed by atoms with E-state index in [2.05, 4.69) is 15.3 Å². The van der Waals surface area contributed by atoms with Gasteiger partial charge in [-0.3, -0.25) is 5.32 Å². The van der Waals surface area contributed by atoms with E-state index in [1.807, 2.05) is 0 Å². The second kappa shape index (κ2) is 6.80. The fraction of sp³-hybridized carbons (Fsp3) is 0.211. The molecule has 2 aromatic carbocycles. The van der Waals surface area contributed by atoms with Crippen LogP contribution in [0.5, 0.6) is 0 Å². The molecule has 7 nitrogen and oxygen atoms in total. The number of benzene rings is 2. The van der Waals surface area contributed by atoms with E-state index in [-0.39, 0.29) is 23.7 Å². The van der Waals surface area contributed by atoms with Crippen molar-refractivity contribution in [2.45, 2.75) is 13.1 Å². The van der Waals surface area contributed by atoms with Crippen molar-refractivity contribution in [3.8, 4) is 0 Å². The van der Waals surface area contributed by atoms with Crippen LogP contribution in [0.25, 0.3) is 22.1 Å². The minimum absolute atomic E-state index is 0.00310. The van der Waals surface area contributed by atoms with Gasteiger partial charge in [-0.1, -0.05) is 0 Å². The first-order valence-corrected chi connectivity index (χ1v) is 8.64. The van der Waals surface area contributed by atoms with Gasteiger partial charge in [0.2, 0.25) is 5.95 Å². The number of nitrogens with zero attached hydrogens (tertiary/aromatic N) is 3. The number of nitrogens with one attached hydrogen (secondary N) is 1. The van der Waals surface area contributed by atoms with Gasteiger partial charge in [-0.2, -0.15) is 18.2 Å². The predicted molar refractivity (Wildman–Crippen MR) is 99.0 cm³/mol. The van der Waals surface area contributed by atoms with Gasteiger partial charge in [0.05, 0.1) is 28.8 Å². The highest BCUT2D eigenvalue weighted by Crippen LogP contribution is 2.32. The molecule has 10 heteroatoms. The number of fused-ring (bicyclic) bond motifs is 2. The first-order chi connectivity index (χ1) is 13.8. The molecule has 150 valence electrons. The molecule has 2 aromatic heterocycles. The van der Waals surface area contributed by atoms with Gasteiger partial charge in [-0.15, -0.1) is 0 Å². The number of aryl methyl sites for hydroxylation is 1. The molecule has 2 heterocycles. The molecule has 0 spiro atoms. The zero-order valence-corrected chi connectivity index (χ0v) is 15.4. The molecule has 0 atom stereocenters. The number of rotatable bonds is 4. The monoisotopic (exact) mass is 404 g/mol. The summed E-state index contributed by atoms with van der Waals surface area (Å²) in [5, 5.41) is 2.86. The highest BCUT2D eigenvalue weighted by atomic mass is 19.4. The van der Waals surface area contributed by atoms with Gasteiger partial charge in [0.1, 0.15) is 5.52 Å². The van der Waals surface area contributed by atoms with Crippen LogP contribution in [0.15, 0.2) is 40.8 Å². The van der Waals surface area contributed by atoms with Gasteiger partial charge in [-0.05, 0) is 43.3 Å². The van der Waals surface area contributed by atoms with E-state index in [0.717, 1.165) is 17.6 Å². The molecule has 0 amide bonds. The Morgan fingerprint density at radius 3 is 2.69 bits per heavy atom. The van der Waals surface area contributed by atoms with Gasteiger partial charge >= 0.3 is 18.2 Å². The van der Waals surface area contributed by atoms with E-state index in [9.17, 15) is 18.0 Å². The SMILES string of the molecule is CCOC(=O)c1ccc2c(c1)nc(Nc1nc3ccc(C(F)(F)F)cc3o1)n2C. The number of hydrogen-bond donors (Lipinski definition) is 1. The van der Waals surface area contributed by atoms with Crippen LogP contribution in [0.4, 0.5) is 25.1 Å². The number of carbonyl (C=O) groups is 1. The lowest BCUT2D eigenvalue weighted by Gasteiger charge is -2.04. The Morgan fingerprint density at radius 2 is 1.97 bits per heavy atom. The second-order valence-corrected chi connectivity index (χ2v) is 6.24. The smallest absolute Gasteiger partial charge is 0.416 e. The molecule has 0 fully saturated rings. The maximum Gasteiger partial charge on any atom is 0.416 e. The van der Waals surface area contributed by atoms with E-state index in [1.54, 1.807) is 36.7 Å². The molecule has 0 aliphatic carbocycles. The number of esters is 1. The van der Waals surface area contributed by atoms with Crippen molar-refractivity contribution < 1.29 is 27.1 Å². The Hall–Kier alpha value is -3.56. The summed E-state index contributed by atoms with van der Waals surface area (Å²) in [5.41, 5.74) is 1.11. The molecule has 0 aliphatic heterocycles. The van der Waals surface area contributed by atoms with E-state index < -0.39 is 17.7 Å². The maximum absolute atomic E-state index is 12.9. The summed E-state index contributed by atoms with van der Waals surface area (Å²) in [7, 11) is 1.74. The van der Waals surface area contributed by atoms with Crippen molar-refractivity contribution in [2.24, 2.45) is 7.05 Å². The number of hydrogen-bond acceptors (Lipinski definition) is 6. The van der Waals surface area contributed by atoms with Crippen molar-refractivity contribution >= 4 is 40.1 Å². The zero-order chi connectivity index (χ0) is 20.8. The number of ether oxygens (including phenoxy) is 1. The lowest BCUT2D eigenvalue weighted by molar-refractivity contribution is -0.137. The average Bonchev–Trinajstić information content (AvgIpc) is 3.21. The lowest BCUT2D eigenvalue weighted by Crippen LogP contribution is -2.04. The molecule has 0 unspecified atom stereocenters. The molecule has 1 N–H and O–H groups in total. The third-order valence-corrected chi connectivity index (χ3v) is 4.33. The van der Waals surface area contributed by atoms with Crippen LogP contribution < -0.4 is 5.32 Å². The first kappa shape index (κ1) is 18.8. The summed E-state index contributed by atoms with van der Waals surface area (Å²) in [6.07, 6.45) is -4.47. The summed E-state index contributed by atoms with van der Waals surface area (Å²) in [4.78, 5) is 20.4. The standard InChI is InChI=1S/C19H15F3N4O3/c1-3-28-16(27)10-4-7-14-13(8-10)23-17(26(14)2)25-18-24-12-6-5-11(19(20,21)22)9-15(12)29-18/h4-9H,3H2,1-2H3,(H,23,24,25). The minimum Gasteiger partial charge on any atom is -0.462 e. The summed E-state index contributed by atoms with van der Waals surface area (Å²) in [6.45, 7) is 1.98. The third-order valence-electron chi connectivity index (χ3n) is 4.33. The van der Waals surface area contributed by atoms with Crippen LogP contribution in [0.1, 0.15) is 22.8 Å². The Morgan fingerprint density at radius 1 is 1.17 bits per heavy atom. The molecular weight excluding hydrogens is 389 g/mol. The van der Waals surface area contributed by atoms with E-state index in [0.29, 0.717) is 17.0 Å². The van der Waals surface area contributed by atoms with Crippen LogP contribution in [-0.2, 0) is 18.0 Å². The second-order valence-electron chi connectivity index (χ2n) is 6.24. The molecule has 0 saturated heterocycles. The van der Waals surface area contributed by atoms with Crippen LogP contribution >= 0.6 is 0 Å². The Balaban J connectivity index is 1.66. The lowest BCUT2D eigenvalue weighted by atomic mass is 10.2. The van der Waals surface area contributed by atoms with Crippen LogP contribution in [0, 0.1) is 0 Å². The van der Waals surface area contributed by atoms with Crippen LogP contribution in [0.3, 0.4) is 0 Å².